The fraction of sp³-hybridized carbons (Fsp3) is 0.314. The first-order valence-electron chi connectivity index (χ1n) is 14.4. The second kappa shape index (κ2) is 16.5. The molecule has 0 aromatic heterocycles. The summed E-state index contributed by atoms with van der Waals surface area (Å²) in [4.78, 5) is 0. The third-order valence-electron chi connectivity index (χ3n) is 7.47. The molecule has 4 aromatic carbocycles. The lowest BCUT2D eigenvalue weighted by Crippen LogP contribution is -2.21. The van der Waals surface area contributed by atoms with Crippen LogP contribution in [0.4, 0.5) is 0 Å². The largest absolute Gasteiger partial charge is 0.497 e. The molecule has 4 rings (SSSR count). The Hall–Kier alpha value is -3.86. The van der Waals surface area contributed by atoms with Gasteiger partial charge in [-0.25, -0.2) is 0 Å². The fourth-order valence-electron chi connectivity index (χ4n) is 5.16. The van der Waals surface area contributed by atoms with Gasteiger partial charge in [-0.2, -0.15) is 0 Å². The molecule has 4 aromatic rings. The van der Waals surface area contributed by atoms with Crippen LogP contribution in [0, 0.1) is 0 Å². The topological polar surface area (TPSA) is 73.8 Å². The SMILES string of the molecule is COc1ccc(OC)c(P(CCCP(c2cc(OC)ccc2OC)c2cc(OC)ccc2OC)c2cc(OC)ccc2OC)c1. The van der Waals surface area contributed by atoms with Crippen molar-refractivity contribution in [3.8, 4) is 46.0 Å². The number of ether oxygens (including phenoxy) is 8. The van der Waals surface area contributed by atoms with Crippen LogP contribution >= 0.6 is 15.8 Å². The van der Waals surface area contributed by atoms with Crippen LogP contribution in [-0.4, -0.2) is 69.2 Å². The van der Waals surface area contributed by atoms with Crippen LogP contribution in [0.2, 0.25) is 0 Å². The van der Waals surface area contributed by atoms with Gasteiger partial charge in [-0.05, 0) is 107 Å². The molecule has 240 valence electrons. The molecule has 8 nitrogen and oxygen atoms in total. The Balaban J connectivity index is 1.82. The summed E-state index contributed by atoms with van der Waals surface area (Å²) in [5.74, 6) is 6.29. The lowest BCUT2D eigenvalue weighted by Gasteiger charge is -2.26. The Labute approximate surface area is 269 Å². The molecule has 0 saturated heterocycles. The van der Waals surface area contributed by atoms with Gasteiger partial charge in [-0.15, -0.1) is 0 Å². The number of benzene rings is 4. The molecule has 0 saturated carbocycles. The fourth-order valence-corrected chi connectivity index (χ4v) is 10.7. The first kappa shape index (κ1) is 34.0. The van der Waals surface area contributed by atoms with Crippen LogP contribution in [0.1, 0.15) is 6.42 Å². The molecular formula is C35H42O8P2. The van der Waals surface area contributed by atoms with E-state index in [1.165, 1.54) is 0 Å². The van der Waals surface area contributed by atoms with Gasteiger partial charge in [0.1, 0.15) is 46.0 Å². The molecule has 0 atom stereocenters. The molecule has 45 heavy (non-hydrogen) atoms. The second-order valence-electron chi connectivity index (χ2n) is 9.81. The van der Waals surface area contributed by atoms with Gasteiger partial charge in [0.25, 0.3) is 0 Å². The van der Waals surface area contributed by atoms with Crippen molar-refractivity contribution >= 4 is 37.1 Å². The van der Waals surface area contributed by atoms with Crippen molar-refractivity contribution in [2.75, 3.05) is 69.2 Å². The van der Waals surface area contributed by atoms with Gasteiger partial charge in [-0.1, -0.05) is 0 Å². The average molecular weight is 653 g/mol. The molecule has 0 bridgehead atoms. The van der Waals surface area contributed by atoms with Crippen molar-refractivity contribution in [2.45, 2.75) is 6.42 Å². The van der Waals surface area contributed by atoms with Crippen LogP contribution in [0.25, 0.3) is 0 Å². The molecule has 0 unspecified atom stereocenters. The second-order valence-corrected chi connectivity index (χ2v) is 14.3. The van der Waals surface area contributed by atoms with Gasteiger partial charge < -0.3 is 37.9 Å². The van der Waals surface area contributed by atoms with Crippen molar-refractivity contribution in [1.29, 1.82) is 0 Å². The van der Waals surface area contributed by atoms with Crippen LogP contribution in [0.5, 0.6) is 46.0 Å². The number of hydrogen-bond acceptors (Lipinski definition) is 8. The van der Waals surface area contributed by atoms with Gasteiger partial charge in [0, 0.05) is 21.2 Å². The molecule has 10 heteroatoms. The van der Waals surface area contributed by atoms with Crippen molar-refractivity contribution < 1.29 is 37.9 Å². The van der Waals surface area contributed by atoms with E-state index in [-0.39, 0.29) is 0 Å². The van der Waals surface area contributed by atoms with E-state index in [0.29, 0.717) is 0 Å². The molecule has 0 spiro atoms. The minimum atomic E-state index is -0.969. The molecule has 0 fully saturated rings. The highest BCUT2D eigenvalue weighted by molar-refractivity contribution is 7.74. The summed E-state index contributed by atoms with van der Waals surface area (Å²) in [7, 11) is 11.6. The van der Waals surface area contributed by atoms with Gasteiger partial charge in [-0.3, -0.25) is 0 Å². The highest BCUT2D eigenvalue weighted by Gasteiger charge is 2.27. The van der Waals surface area contributed by atoms with Gasteiger partial charge in [0.05, 0.1) is 56.9 Å². The summed E-state index contributed by atoms with van der Waals surface area (Å²) < 4.78 is 46.1. The quantitative estimate of drug-likeness (QED) is 0.143. The van der Waals surface area contributed by atoms with Crippen molar-refractivity contribution in [1.82, 2.24) is 0 Å². The van der Waals surface area contributed by atoms with Crippen LogP contribution < -0.4 is 59.1 Å². The van der Waals surface area contributed by atoms with E-state index in [0.717, 1.165) is 86.0 Å². The Morgan fingerprint density at radius 3 is 0.800 bits per heavy atom. The first-order chi connectivity index (χ1) is 21.9. The van der Waals surface area contributed by atoms with E-state index in [4.69, 9.17) is 37.9 Å². The van der Waals surface area contributed by atoms with Crippen LogP contribution in [0.3, 0.4) is 0 Å². The monoisotopic (exact) mass is 652 g/mol. The molecule has 0 heterocycles. The molecule has 0 aliphatic rings. The predicted molar refractivity (Wildman–Crippen MR) is 185 cm³/mol. The molecule has 0 aliphatic carbocycles. The van der Waals surface area contributed by atoms with Gasteiger partial charge in [0.2, 0.25) is 0 Å². The zero-order valence-corrected chi connectivity index (χ0v) is 29.0. The summed E-state index contributed by atoms with van der Waals surface area (Å²) in [6.07, 6.45) is 2.57. The van der Waals surface area contributed by atoms with Crippen molar-refractivity contribution in [3.63, 3.8) is 0 Å². The number of methoxy groups -OCH3 is 8. The van der Waals surface area contributed by atoms with E-state index >= 15 is 0 Å². The highest BCUT2D eigenvalue weighted by atomic mass is 31.1. The lowest BCUT2D eigenvalue weighted by molar-refractivity contribution is 0.405. The molecule has 0 aliphatic heterocycles. The third kappa shape index (κ3) is 7.87. The van der Waals surface area contributed by atoms with E-state index in [2.05, 4.69) is 24.3 Å². The van der Waals surface area contributed by atoms with E-state index in [9.17, 15) is 0 Å². The maximum absolute atomic E-state index is 5.89. The minimum absolute atomic E-state index is 0.768. The molecule has 0 amide bonds. The predicted octanol–water partition coefficient (Wildman–Crippen LogP) is 5.71. The zero-order valence-electron chi connectivity index (χ0n) is 27.2. The number of hydrogen-bond donors (Lipinski definition) is 0. The van der Waals surface area contributed by atoms with Crippen LogP contribution in [0.15, 0.2) is 72.8 Å². The molecule has 0 radical (unpaired) electrons. The smallest absolute Gasteiger partial charge is 0.127 e. The first-order valence-corrected chi connectivity index (χ1v) is 17.4. The normalized spacial score (nSPS) is 10.9. The van der Waals surface area contributed by atoms with Gasteiger partial charge in [0.15, 0.2) is 0 Å². The van der Waals surface area contributed by atoms with Crippen molar-refractivity contribution in [2.24, 2.45) is 0 Å². The Morgan fingerprint density at radius 1 is 0.356 bits per heavy atom. The van der Waals surface area contributed by atoms with E-state index in [1.807, 2.05) is 48.5 Å². The van der Waals surface area contributed by atoms with Crippen LogP contribution in [-0.2, 0) is 0 Å². The summed E-state index contributed by atoms with van der Waals surface area (Å²) in [6.45, 7) is 0. The zero-order chi connectivity index (χ0) is 32.3. The highest BCUT2D eigenvalue weighted by Crippen LogP contribution is 2.47. The lowest BCUT2D eigenvalue weighted by atomic mass is 10.3. The Kier molecular flexibility index (Phi) is 12.4. The van der Waals surface area contributed by atoms with Gasteiger partial charge >= 0.3 is 0 Å². The maximum atomic E-state index is 5.89. The summed E-state index contributed by atoms with van der Waals surface area (Å²) >= 11 is 0. The summed E-state index contributed by atoms with van der Waals surface area (Å²) in [5, 5.41) is 4.28. The van der Waals surface area contributed by atoms with E-state index < -0.39 is 15.8 Å². The Bertz CT molecular complexity index is 1340. The molecular weight excluding hydrogens is 610 g/mol. The standard InChI is InChI=1S/C35H42O8P2/c1-36-24-10-14-28(40-5)32(20-24)44(33-21-25(37-2)11-15-29(33)41-6)18-9-19-45(34-22-26(38-3)12-16-30(34)42-7)35-23-27(39-4)13-17-31(35)43-8/h10-17,20-23H,9,18-19H2,1-8H3. The molecule has 0 N–H and O–H groups in total. The van der Waals surface area contributed by atoms with E-state index in [1.54, 1.807) is 56.9 Å². The minimum Gasteiger partial charge on any atom is -0.497 e. The summed E-state index contributed by atoms with van der Waals surface area (Å²) in [6, 6.07) is 23.8. The summed E-state index contributed by atoms with van der Waals surface area (Å²) in [5.41, 5.74) is 0. The third-order valence-corrected chi connectivity index (χ3v) is 12.7. The number of rotatable bonds is 16. The Morgan fingerprint density at radius 2 is 0.600 bits per heavy atom. The maximum Gasteiger partial charge on any atom is 0.127 e. The van der Waals surface area contributed by atoms with Crippen molar-refractivity contribution in [3.05, 3.63) is 72.8 Å². The average Bonchev–Trinajstić information content (AvgIpc) is 3.10.